The van der Waals surface area contributed by atoms with Crippen molar-refractivity contribution >= 4 is 17.7 Å². The Balaban J connectivity index is 1.38. The third kappa shape index (κ3) is 4.31. The minimum absolute atomic E-state index is 0.260. The fourth-order valence-electron chi connectivity index (χ4n) is 2.37. The second-order valence-corrected chi connectivity index (χ2v) is 5.63. The summed E-state index contributed by atoms with van der Waals surface area (Å²) in [5.74, 6) is 1.91. The largest absolute Gasteiger partial charge is 0.465 e. The lowest BCUT2D eigenvalue weighted by Gasteiger charge is -2.07. The van der Waals surface area contributed by atoms with Gasteiger partial charge < -0.3 is 14.5 Å². The van der Waals surface area contributed by atoms with E-state index < -0.39 is 0 Å². The molecule has 4 aromatic rings. The third-order valence-electron chi connectivity index (χ3n) is 3.65. The summed E-state index contributed by atoms with van der Waals surface area (Å²) in [7, 11) is 0. The molecular weight excluding hydrogens is 358 g/mol. The number of carbonyl (C=O) groups excluding carboxylic acids is 1. The fraction of sp³-hybridized carbons (Fsp3) is 0. The number of ether oxygens (including phenoxy) is 1. The van der Waals surface area contributed by atoms with Gasteiger partial charge in [0.05, 0.1) is 6.26 Å². The van der Waals surface area contributed by atoms with Crippen molar-refractivity contribution < 1.29 is 13.9 Å². The van der Waals surface area contributed by atoms with Crippen molar-refractivity contribution in [1.29, 1.82) is 0 Å². The van der Waals surface area contributed by atoms with Crippen LogP contribution in [0.25, 0.3) is 11.9 Å². The summed E-state index contributed by atoms with van der Waals surface area (Å²) in [5.41, 5.74) is 0.640. The van der Waals surface area contributed by atoms with Crippen LogP contribution in [0.4, 0.5) is 5.69 Å². The molecule has 8 heteroatoms. The zero-order valence-corrected chi connectivity index (χ0v) is 14.6. The number of carbonyl (C=O) groups is 1. The molecule has 0 saturated heterocycles. The van der Waals surface area contributed by atoms with Crippen molar-refractivity contribution in [2.75, 3.05) is 5.32 Å². The summed E-state index contributed by atoms with van der Waals surface area (Å²) in [4.78, 5) is 20.2. The highest BCUT2D eigenvalue weighted by molar-refractivity contribution is 6.01. The van der Waals surface area contributed by atoms with E-state index in [4.69, 9.17) is 9.15 Å². The second-order valence-electron chi connectivity index (χ2n) is 5.63. The Bertz CT molecular complexity index is 1070. The number of amides is 1. The van der Waals surface area contributed by atoms with Crippen LogP contribution in [0, 0.1) is 0 Å². The van der Waals surface area contributed by atoms with Gasteiger partial charge in [-0.1, -0.05) is 0 Å². The first-order valence-corrected chi connectivity index (χ1v) is 8.39. The van der Waals surface area contributed by atoms with Crippen LogP contribution in [-0.4, -0.2) is 25.7 Å². The Hall–Kier alpha value is -4.20. The number of hydrogen-bond donors (Lipinski definition) is 1. The number of rotatable bonds is 6. The van der Waals surface area contributed by atoms with Crippen molar-refractivity contribution in [3.63, 3.8) is 0 Å². The molecule has 0 aliphatic rings. The number of benzene rings is 1. The van der Waals surface area contributed by atoms with E-state index in [-0.39, 0.29) is 5.91 Å². The molecule has 0 aliphatic heterocycles. The van der Waals surface area contributed by atoms with E-state index in [1.165, 1.54) is 12.4 Å². The maximum atomic E-state index is 11.9. The third-order valence-corrected chi connectivity index (χ3v) is 3.65. The zero-order chi connectivity index (χ0) is 19.2. The topological polar surface area (TPSA) is 95.1 Å². The Morgan fingerprint density at radius 2 is 2.04 bits per heavy atom. The minimum Gasteiger partial charge on any atom is -0.465 e. The smallest absolute Gasteiger partial charge is 0.248 e. The minimum atomic E-state index is -0.260. The number of nitrogens with one attached hydrogen (secondary N) is 1. The molecule has 0 spiro atoms. The van der Waals surface area contributed by atoms with E-state index in [0.29, 0.717) is 28.9 Å². The average molecular weight is 373 g/mol. The molecule has 3 aromatic heterocycles. The summed E-state index contributed by atoms with van der Waals surface area (Å²) >= 11 is 0. The van der Waals surface area contributed by atoms with Gasteiger partial charge in [-0.15, -0.1) is 0 Å². The molecule has 0 atom stereocenters. The summed E-state index contributed by atoms with van der Waals surface area (Å²) in [6.45, 7) is 0. The highest BCUT2D eigenvalue weighted by atomic mass is 16.5. The maximum absolute atomic E-state index is 11.9. The van der Waals surface area contributed by atoms with E-state index >= 15 is 0 Å². The summed E-state index contributed by atoms with van der Waals surface area (Å²) < 4.78 is 12.5. The van der Waals surface area contributed by atoms with Gasteiger partial charge in [-0.05, 0) is 48.5 Å². The predicted octanol–water partition coefficient (Wildman–Crippen LogP) is 3.70. The van der Waals surface area contributed by atoms with E-state index in [0.717, 1.165) is 0 Å². The van der Waals surface area contributed by atoms with Crippen molar-refractivity contribution in [3.05, 3.63) is 85.4 Å². The molecule has 0 fully saturated rings. The van der Waals surface area contributed by atoms with Crippen LogP contribution in [0.2, 0.25) is 0 Å². The van der Waals surface area contributed by atoms with Crippen molar-refractivity contribution in [3.8, 4) is 17.4 Å². The Morgan fingerprint density at radius 3 is 2.79 bits per heavy atom. The second kappa shape index (κ2) is 8.00. The molecule has 138 valence electrons. The molecule has 0 unspecified atom stereocenters. The Kier molecular flexibility index (Phi) is 4.92. The fourth-order valence-corrected chi connectivity index (χ4v) is 2.37. The zero-order valence-electron chi connectivity index (χ0n) is 14.6. The molecule has 1 amide bonds. The molecule has 0 bridgehead atoms. The van der Waals surface area contributed by atoms with Crippen LogP contribution < -0.4 is 10.1 Å². The van der Waals surface area contributed by atoms with Crippen LogP contribution in [0.15, 0.2) is 84.0 Å². The molecule has 0 saturated carbocycles. The van der Waals surface area contributed by atoms with Gasteiger partial charge in [0.25, 0.3) is 0 Å². The van der Waals surface area contributed by atoms with E-state index in [1.807, 2.05) is 0 Å². The average Bonchev–Trinajstić information content (AvgIpc) is 3.42. The van der Waals surface area contributed by atoms with Crippen LogP contribution >= 0.6 is 0 Å². The lowest BCUT2D eigenvalue weighted by atomic mass is 10.3. The number of hydrogen-bond acceptors (Lipinski definition) is 6. The maximum Gasteiger partial charge on any atom is 0.248 e. The van der Waals surface area contributed by atoms with Gasteiger partial charge in [0.2, 0.25) is 11.8 Å². The summed E-state index contributed by atoms with van der Waals surface area (Å²) in [6.07, 6.45) is 9.40. The summed E-state index contributed by atoms with van der Waals surface area (Å²) in [5, 5.41) is 6.89. The van der Waals surface area contributed by atoms with Gasteiger partial charge in [-0.2, -0.15) is 5.10 Å². The van der Waals surface area contributed by atoms with Gasteiger partial charge in [0.15, 0.2) is 5.82 Å². The predicted molar refractivity (Wildman–Crippen MR) is 102 cm³/mol. The molecule has 8 nitrogen and oxygen atoms in total. The molecule has 28 heavy (non-hydrogen) atoms. The number of anilines is 1. The van der Waals surface area contributed by atoms with Gasteiger partial charge in [-0.3, -0.25) is 4.79 Å². The Morgan fingerprint density at radius 1 is 1.14 bits per heavy atom. The van der Waals surface area contributed by atoms with Gasteiger partial charge >= 0.3 is 0 Å². The molecule has 4 rings (SSSR count). The first-order valence-electron chi connectivity index (χ1n) is 8.39. The highest BCUT2D eigenvalue weighted by Crippen LogP contribution is 2.22. The van der Waals surface area contributed by atoms with Crippen molar-refractivity contribution in [2.24, 2.45) is 0 Å². The van der Waals surface area contributed by atoms with Crippen molar-refractivity contribution in [2.45, 2.75) is 0 Å². The molecule has 1 N–H and O–H groups in total. The van der Waals surface area contributed by atoms with E-state index in [9.17, 15) is 4.79 Å². The van der Waals surface area contributed by atoms with E-state index in [1.54, 1.807) is 77.9 Å². The molecule has 3 heterocycles. The number of furan rings is 1. The molecular formula is C20H15N5O3. The lowest BCUT2D eigenvalue weighted by molar-refractivity contribution is -0.111. The normalized spacial score (nSPS) is 10.9. The Labute approximate surface area is 160 Å². The molecule has 1 aromatic carbocycles. The quantitative estimate of drug-likeness (QED) is 0.518. The van der Waals surface area contributed by atoms with Gasteiger partial charge in [0.1, 0.15) is 17.8 Å². The molecule has 0 radical (unpaired) electrons. The molecule has 0 aliphatic carbocycles. The monoisotopic (exact) mass is 373 g/mol. The number of nitrogens with zero attached hydrogens (tertiary/aromatic N) is 4. The van der Waals surface area contributed by atoms with Crippen LogP contribution in [0.3, 0.4) is 0 Å². The SMILES string of the molecule is O=C(/C=C/c1ccco1)Nc1ccc(Oc2cc(-n3cccn3)ncn2)cc1. The highest BCUT2D eigenvalue weighted by Gasteiger charge is 2.05. The van der Waals surface area contributed by atoms with Crippen LogP contribution in [0.5, 0.6) is 11.6 Å². The van der Waals surface area contributed by atoms with Crippen LogP contribution in [-0.2, 0) is 4.79 Å². The first kappa shape index (κ1) is 17.2. The standard InChI is InChI=1S/C20H15N5O3/c26-19(9-8-16-3-1-12-27-16)24-15-4-6-17(7-5-15)28-20-13-18(21-14-22-20)25-11-2-10-23-25/h1-14H,(H,24,26)/b9-8+. The number of aromatic nitrogens is 4. The van der Waals surface area contributed by atoms with Crippen molar-refractivity contribution in [1.82, 2.24) is 19.7 Å². The lowest BCUT2D eigenvalue weighted by Crippen LogP contribution is -2.07. The van der Waals surface area contributed by atoms with Gasteiger partial charge in [0, 0.05) is 30.2 Å². The van der Waals surface area contributed by atoms with Gasteiger partial charge in [-0.25, -0.2) is 14.6 Å². The van der Waals surface area contributed by atoms with E-state index in [2.05, 4.69) is 20.4 Å². The summed E-state index contributed by atoms with van der Waals surface area (Å²) in [6, 6.07) is 14.0. The van der Waals surface area contributed by atoms with Crippen LogP contribution in [0.1, 0.15) is 5.76 Å². The first-order chi connectivity index (χ1) is 13.8.